The highest BCUT2D eigenvalue weighted by molar-refractivity contribution is 5.92. The molecule has 0 unspecified atom stereocenters. The molecule has 0 aliphatic carbocycles. The lowest BCUT2D eigenvalue weighted by atomic mass is 10.1. The second-order valence-corrected chi connectivity index (χ2v) is 4.27. The number of amides is 1. The van der Waals surface area contributed by atoms with E-state index in [1.807, 2.05) is 32.0 Å². The molecule has 0 saturated heterocycles. The highest BCUT2D eigenvalue weighted by Gasteiger charge is 2.10. The third-order valence-electron chi connectivity index (χ3n) is 2.56. The van der Waals surface area contributed by atoms with E-state index in [1.165, 1.54) is 0 Å². The van der Waals surface area contributed by atoms with Crippen LogP contribution in [0.3, 0.4) is 0 Å². The van der Waals surface area contributed by atoms with E-state index in [-0.39, 0.29) is 12.3 Å². The van der Waals surface area contributed by atoms with Gasteiger partial charge in [-0.3, -0.25) is 4.79 Å². The zero-order valence-corrected chi connectivity index (χ0v) is 10.7. The van der Waals surface area contributed by atoms with Crippen molar-refractivity contribution < 1.29 is 9.32 Å². The Morgan fingerprint density at radius 1 is 1.33 bits per heavy atom. The van der Waals surface area contributed by atoms with Gasteiger partial charge in [-0.1, -0.05) is 17.3 Å². The number of rotatable bonds is 3. The van der Waals surface area contributed by atoms with Crippen molar-refractivity contribution in [3.05, 3.63) is 41.0 Å². The molecule has 1 N–H and O–H groups in total. The lowest BCUT2D eigenvalue weighted by molar-refractivity contribution is -0.115. The van der Waals surface area contributed by atoms with Crippen LogP contribution in [0.5, 0.6) is 0 Å². The van der Waals surface area contributed by atoms with Gasteiger partial charge < -0.3 is 9.84 Å². The van der Waals surface area contributed by atoms with Crippen LogP contribution in [0.25, 0.3) is 0 Å². The summed E-state index contributed by atoms with van der Waals surface area (Å²) >= 11 is 0. The molecule has 0 bridgehead atoms. The summed E-state index contributed by atoms with van der Waals surface area (Å²) in [6.07, 6.45) is 0.116. The number of anilines is 1. The van der Waals surface area contributed by atoms with Crippen LogP contribution in [0.2, 0.25) is 0 Å². The summed E-state index contributed by atoms with van der Waals surface area (Å²) in [4.78, 5) is 15.8. The Morgan fingerprint density at radius 3 is 2.78 bits per heavy atom. The summed E-state index contributed by atoms with van der Waals surface area (Å²) in [6.45, 7) is 5.63. The minimum atomic E-state index is -0.149. The molecule has 0 atom stereocenters. The lowest BCUT2D eigenvalue weighted by Gasteiger charge is -2.08. The minimum Gasteiger partial charge on any atom is -0.340 e. The number of hydrogen-bond acceptors (Lipinski definition) is 4. The van der Waals surface area contributed by atoms with E-state index in [0.717, 1.165) is 16.8 Å². The van der Waals surface area contributed by atoms with Gasteiger partial charge in [-0.25, -0.2) is 0 Å². The molecule has 1 heterocycles. The number of hydrogen-bond donors (Lipinski definition) is 1. The minimum absolute atomic E-state index is 0.116. The molecule has 0 radical (unpaired) electrons. The van der Waals surface area contributed by atoms with Crippen LogP contribution in [0.1, 0.15) is 22.8 Å². The molecule has 0 spiro atoms. The molecular weight excluding hydrogens is 230 g/mol. The molecule has 2 aromatic rings. The molecule has 5 nitrogen and oxygen atoms in total. The van der Waals surface area contributed by atoms with Crippen molar-refractivity contribution in [2.24, 2.45) is 0 Å². The first-order valence-corrected chi connectivity index (χ1v) is 5.71. The fourth-order valence-electron chi connectivity index (χ4n) is 1.62. The second kappa shape index (κ2) is 5.00. The fourth-order valence-corrected chi connectivity index (χ4v) is 1.62. The molecule has 0 aliphatic rings. The van der Waals surface area contributed by atoms with Crippen LogP contribution < -0.4 is 5.32 Å². The Hall–Kier alpha value is -2.17. The van der Waals surface area contributed by atoms with E-state index in [9.17, 15) is 4.79 Å². The van der Waals surface area contributed by atoms with E-state index in [2.05, 4.69) is 15.5 Å². The predicted molar refractivity (Wildman–Crippen MR) is 67.3 cm³/mol. The third kappa shape index (κ3) is 2.94. The average molecular weight is 245 g/mol. The number of aromatic nitrogens is 2. The lowest BCUT2D eigenvalue weighted by Crippen LogP contribution is -2.16. The first-order chi connectivity index (χ1) is 8.54. The van der Waals surface area contributed by atoms with Gasteiger partial charge in [0.2, 0.25) is 11.8 Å². The number of carbonyl (C=O) groups excluding carboxylic acids is 1. The summed E-state index contributed by atoms with van der Waals surface area (Å²) < 4.78 is 4.82. The Labute approximate surface area is 105 Å². The maximum Gasteiger partial charge on any atom is 0.232 e. The monoisotopic (exact) mass is 245 g/mol. The summed E-state index contributed by atoms with van der Waals surface area (Å²) in [7, 11) is 0. The number of nitrogens with one attached hydrogen (secondary N) is 1. The molecule has 94 valence electrons. The number of nitrogens with zero attached hydrogens (tertiary/aromatic N) is 2. The molecule has 5 heteroatoms. The number of benzene rings is 1. The molecular formula is C13H15N3O2. The van der Waals surface area contributed by atoms with Crippen LogP contribution in [-0.2, 0) is 11.2 Å². The van der Waals surface area contributed by atoms with Crippen molar-refractivity contribution in [2.45, 2.75) is 27.2 Å². The van der Waals surface area contributed by atoms with E-state index < -0.39 is 0 Å². The Bertz CT molecular complexity index is 575. The SMILES string of the molecule is Cc1ccc(C)c(NC(=O)Cc2noc(C)n2)c1. The number of carbonyl (C=O) groups is 1. The van der Waals surface area contributed by atoms with E-state index in [1.54, 1.807) is 6.92 Å². The van der Waals surface area contributed by atoms with Gasteiger partial charge in [0.15, 0.2) is 5.82 Å². The number of aryl methyl sites for hydroxylation is 3. The Kier molecular flexibility index (Phi) is 3.41. The summed E-state index contributed by atoms with van der Waals surface area (Å²) in [5, 5.41) is 6.54. The van der Waals surface area contributed by atoms with Crippen molar-refractivity contribution in [3.63, 3.8) is 0 Å². The zero-order valence-electron chi connectivity index (χ0n) is 10.7. The average Bonchev–Trinajstić information content (AvgIpc) is 2.69. The topological polar surface area (TPSA) is 68.0 Å². The molecule has 1 amide bonds. The van der Waals surface area contributed by atoms with Crippen molar-refractivity contribution in [1.29, 1.82) is 0 Å². The molecule has 2 rings (SSSR count). The molecule has 0 aliphatic heterocycles. The van der Waals surface area contributed by atoms with Crippen molar-refractivity contribution >= 4 is 11.6 Å². The molecule has 0 saturated carbocycles. The largest absolute Gasteiger partial charge is 0.340 e. The van der Waals surface area contributed by atoms with E-state index in [4.69, 9.17) is 4.52 Å². The van der Waals surface area contributed by atoms with Gasteiger partial charge >= 0.3 is 0 Å². The van der Waals surface area contributed by atoms with Gasteiger partial charge in [-0.05, 0) is 31.0 Å². The van der Waals surface area contributed by atoms with E-state index in [0.29, 0.717) is 11.7 Å². The maximum absolute atomic E-state index is 11.8. The van der Waals surface area contributed by atoms with Gasteiger partial charge in [-0.15, -0.1) is 0 Å². The molecule has 0 fully saturated rings. The highest BCUT2D eigenvalue weighted by atomic mass is 16.5. The van der Waals surface area contributed by atoms with Crippen LogP contribution in [0.15, 0.2) is 22.7 Å². The molecule has 1 aromatic carbocycles. The molecule has 1 aromatic heterocycles. The first-order valence-electron chi connectivity index (χ1n) is 5.71. The predicted octanol–water partition coefficient (Wildman–Crippen LogP) is 2.18. The quantitative estimate of drug-likeness (QED) is 0.899. The Morgan fingerprint density at radius 2 is 2.11 bits per heavy atom. The van der Waals surface area contributed by atoms with Gasteiger partial charge in [-0.2, -0.15) is 4.98 Å². The summed E-state index contributed by atoms with van der Waals surface area (Å²) in [6, 6.07) is 5.92. The Balaban J connectivity index is 2.05. The van der Waals surface area contributed by atoms with Crippen LogP contribution in [0, 0.1) is 20.8 Å². The summed E-state index contributed by atoms with van der Waals surface area (Å²) in [5.41, 5.74) is 2.95. The van der Waals surface area contributed by atoms with Gasteiger partial charge in [0, 0.05) is 12.6 Å². The van der Waals surface area contributed by atoms with Crippen molar-refractivity contribution in [3.8, 4) is 0 Å². The normalized spacial score (nSPS) is 10.4. The third-order valence-corrected chi connectivity index (χ3v) is 2.56. The van der Waals surface area contributed by atoms with Gasteiger partial charge in [0.1, 0.15) is 0 Å². The van der Waals surface area contributed by atoms with E-state index >= 15 is 0 Å². The van der Waals surface area contributed by atoms with Crippen LogP contribution >= 0.6 is 0 Å². The van der Waals surface area contributed by atoms with Crippen LogP contribution in [0.4, 0.5) is 5.69 Å². The smallest absolute Gasteiger partial charge is 0.232 e. The van der Waals surface area contributed by atoms with Crippen molar-refractivity contribution in [1.82, 2.24) is 10.1 Å². The first kappa shape index (κ1) is 12.3. The molecule has 18 heavy (non-hydrogen) atoms. The zero-order chi connectivity index (χ0) is 13.1. The van der Waals surface area contributed by atoms with Crippen molar-refractivity contribution in [2.75, 3.05) is 5.32 Å². The van der Waals surface area contributed by atoms with Gasteiger partial charge in [0.05, 0.1) is 6.42 Å². The maximum atomic E-state index is 11.8. The standard InChI is InChI=1S/C13H15N3O2/c1-8-4-5-9(2)11(6-8)15-13(17)7-12-14-10(3)18-16-12/h4-6H,7H2,1-3H3,(H,15,17). The van der Waals surface area contributed by atoms with Gasteiger partial charge in [0.25, 0.3) is 0 Å². The van der Waals surface area contributed by atoms with Crippen LogP contribution in [-0.4, -0.2) is 16.0 Å². The highest BCUT2D eigenvalue weighted by Crippen LogP contribution is 2.16. The second-order valence-electron chi connectivity index (χ2n) is 4.27. The fraction of sp³-hybridized carbons (Fsp3) is 0.308. The summed E-state index contributed by atoms with van der Waals surface area (Å²) in [5.74, 6) is 0.712.